The second kappa shape index (κ2) is 5.10. The predicted molar refractivity (Wildman–Crippen MR) is 61.8 cm³/mol. The molecule has 1 heterocycles. The molecule has 1 atom stereocenters. The van der Waals surface area contributed by atoms with E-state index >= 15 is 0 Å². The lowest BCUT2D eigenvalue weighted by Crippen LogP contribution is -2.11. The molecule has 0 radical (unpaired) electrons. The molecule has 1 unspecified atom stereocenters. The summed E-state index contributed by atoms with van der Waals surface area (Å²) in [5, 5.41) is 1.05. The SMILES string of the molecule is CCC(N)=NC(C)c1ncc(CC)s1. The van der Waals surface area contributed by atoms with Crippen molar-refractivity contribution in [1.82, 2.24) is 4.98 Å². The fraction of sp³-hybridized carbons (Fsp3) is 0.600. The van der Waals surface area contributed by atoms with Gasteiger partial charge in [-0.2, -0.15) is 0 Å². The standard InChI is InChI=1S/C10H17N3S/c1-4-8-6-12-10(14-8)7(3)13-9(11)5-2/h6-7H,4-5H2,1-3H3,(H2,11,13). The lowest BCUT2D eigenvalue weighted by molar-refractivity contribution is 0.801. The molecule has 2 N–H and O–H groups in total. The number of hydrogen-bond donors (Lipinski definition) is 1. The van der Waals surface area contributed by atoms with Crippen LogP contribution in [0.4, 0.5) is 0 Å². The number of amidine groups is 1. The summed E-state index contributed by atoms with van der Waals surface area (Å²) in [5.41, 5.74) is 5.68. The number of thiazole rings is 1. The molecule has 0 amide bonds. The fourth-order valence-electron chi connectivity index (χ4n) is 1.07. The second-order valence-electron chi connectivity index (χ2n) is 3.17. The van der Waals surface area contributed by atoms with Gasteiger partial charge in [-0.1, -0.05) is 13.8 Å². The van der Waals surface area contributed by atoms with Gasteiger partial charge >= 0.3 is 0 Å². The van der Waals surface area contributed by atoms with Gasteiger partial charge in [0.1, 0.15) is 11.0 Å². The van der Waals surface area contributed by atoms with Gasteiger partial charge in [-0.3, -0.25) is 4.99 Å². The molecule has 0 bridgehead atoms. The molecule has 4 heteroatoms. The highest BCUT2D eigenvalue weighted by atomic mass is 32.1. The quantitative estimate of drug-likeness (QED) is 0.614. The number of rotatable bonds is 4. The van der Waals surface area contributed by atoms with Crippen molar-refractivity contribution in [2.45, 2.75) is 39.7 Å². The summed E-state index contributed by atoms with van der Waals surface area (Å²) < 4.78 is 0. The zero-order valence-electron chi connectivity index (χ0n) is 8.95. The van der Waals surface area contributed by atoms with Gasteiger partial charge in [0.05, 0.1) is 5.84 Å². The maximum Gasteiger partial charge on any atom is 0.117 e. The van der Waals surface area contributed by atoms with E-state index in [4.69, 9.17) is 5.73 Å². The maximum absolute atomic E-state index is 5.68. The number of hydrogen-bond acceptors (Lipinski definition) is 3. The number of nitrogens with two attached hydrogens (primary N) is 1. The van der Waals surface area contributed by atoms with Crippen LogP contribution in [-0.2, 0) is 6.42 Å². The van der Waals surface area contributed by atoms with Crippen LogP contribution in [-0.4, -0.2) is 10.8 Å². The van der Waals surface area contributed by atoms with E-state index in [2.05, 4.69) is 16.9 Å². The van der Waals surface area contributed by atoms with Crippen LogP contribution in [0.15, 0.2) is 11.2 Å². The summed E-state index contributed by atoms with van der Waals surface area (Å²) in [5.74, 6) is 0.700. The van der Waals surface area contributed by atoms with E-state index in [1.807, 2.05) is 20.0 Å². The molecule has 0 aliphatic heterocycles. The molecule has 1 aromatic heterocycles. The Morgan fingerprint density at radius 1 is 1.64 bits per heavy atom. The van der Waals surface area contributed by atoms with E-state index < -0.39 is 0 Å². The third kappa shape index (κ3) is 2.80. The monoisotopic (exact) mass is 211 g/mol. The van der Waals surface area contributed by atoms with E-state index in [0.29, 0.717) is 5.84 Å². The first-order valence-corrected chi connectivity index (χ1v) is 5.75. The van der Waals surface area contributed by atoms with Gasteiger partial charge in [0.25, 0.3) is 0 Å². The lowest BCUT2D eigenvalue weighted by Gasteiger charge is -2.02. The van der Waals surface area contributed by atoms with Gasteiger partial charge in [-0.05, 0) is 13.3 Å². The molecule has 0 saturated carbocycles. The van der Waals surface area contributed by atoms with Crippen LogP contribution in [0.1, 0.15) is 43.1 Å². The highest BCUT2D eigenvalue weighted by Gasteiger charge is 2.08. The second-order valence-corrected chi connectivity index (χ2v) is 4.32. The van der Waals surface area contributed by atoms with Crippen LogP contribution in [0.25, 0.3) is 0 Å². The molecule has 0 saturated heterocycles. The largest absolute Gasteiger partial charge is 0.387 e. The molecule has 0 fully saturated rings. The van der Waals surface area contributed by atoms with Crippen LogP contribution >= 0.6 is 11.3 Å². The highest BCUT2D eigenvalue weighted by molar-refractivity contribution is 7.11. The molecule has 0 aromatic carbocycles. The minimum absolute atomic E-state index is 0.0975. The van der Waals surface area contributed by atoms with Crippen molar-refractivity contribution in [2.24, 2.45) is 10.7 Å². The number of aliphatic imine (C=N–C) groups is 1. The molecule has 0 aliphatic carbocycles. The summed E-state index contributed by atoms with van der Waals surface area (Å²) in [6.45, 7) is 6.16. The first-order valence-electron chi connectivity index (χ1n) is 4.94. The molecule has 1 aromatic rings. The number of nitrogens with zero attached hydrogens (tertiary/aromatic N) is 2. The van der Waals surface area contributed by atoms with E-state index in [-0.39, 0.29) is 6.04 Å². The van der Waals surface area contributed by atoms with Crippen molar-refractivity contribution in [1.29, 1.82) is 0 Å². The van der Waals surface area contributed by atoms with Crippen molar-refractivity contribution < 1.29 is 0 Å². The van der Waals surface area contributed by atoms with Gasteiger partial charge in [0.2, 0.25) is 0 Å². The minimum Gasteiger partial charge on any atom is -0.387 e. The number of aromatic nitrogens is 1. The van der Waals surface area contributed by atoms with Crippen molar-refractivity contribution >= 4 is 17.2 Å². The number of aryl methyl sites for hydroxylation is 1. The first-order chi connectivity index (χ1) is 6.67. The van der Waals surface area contributed by atoms with Crippen LogP contribution in [0, 0.1) is 0 Å². The van der Waals surface area contributed by atoms with Gasteiger partial charge in [0, 0.05) is 17.5 Å². The van der Waals surface area contributed by atoms with Crippen molar-refractivity contribution in [2.75, 3.05) is 0 Å². The third-order valence-corrected chi connectivity index (χ3v) is 3.31. The molecule has 0 spiro atoms. The fourth-order valence-corrected chi connectivity index (χ4v) is 1.92. The molecular weight excluding hydrogens is 194 g/mol. The Morgan fingerprint density at radius 2 is 2.36 bits per heavy atom. The summed E-state index contributed by atoms with van der Waals surface area (Å²) in [6, 6.07) is 0.0975. The Balaban J connectivity index is 2.74. The van der Waals surface area contributed by atoms with Crippen molar-refractivity contribution in [3.05, 3.63) is 16.1 Å². The Bertz CT molecular complexity index is 317. The van der Waals surface area contributed by atoms with Crippen molar-refractivity contribution in [3.63, 3.8) is 0 Å². The van der Waals surface area contributed by atoms with E-state index in [9.17, 15) is 0 Å². The smallest absolute Gasteiger partial charge is 0.117 e. The third-order valence-electron chi connectivity index (χ3n) is 2.00. The Labute approximate surface area is 89.1 Å². The van der Waals surface area contributed by atoms with E-state index in [1.54, 1.807) is 11.3 Å². The molecule has 3 nitrogen and oxygen atoms in total. The first kappa shape index (κ1) is 11.2. The normalized spacial score (nSPS) is 14.4. The average Bonchev–Trinajstić information content (AvgIpc) is 2.65. The molecule has 0 aliphatic rings. The molecular formula is C10H17N3S. The molecule has 1 rings (SSSR count). The van der Waals surface area contributed by atoms with E-state index in [0.717, 1.165) is 17.8 Å². The van der Waals surface area contributed by atoms with Crippen LogP contribution in [0.2, 0.25) is 0 Å². The Kier molecular flexibility index (Phi) is 4.07. The molecule has 14 heavy (non-hydrogen) atoms. The topological polar surface area (TPSA) is 51.3 Å². The van der Waals surface area contributed by atoms with E-state index in [1.165, 1.54) is 4.88 Å². The average molecular weight is 211 g/mol. The minimum atomic E-state index is 0.0975. The van der Waals surface area contributed by atoms with Crippen molar-refractivity contribution in [3.8, 4) is 0 Å². The lowest BCUT2D eigenvalue weighted by atomic mass is 10.3. The van der Waals surface area contributed by atoms with Gasteiger partial charge in [0.15, 0.2) is 0 Å². The summed E-state index contributed by atoms with van der Waals surface area (Å²) >= 11 is 1.72. The maximum atomic E-state index is 5.68. The Morgan fingerprint density at radius 3 is 2.86 bits per heavy atom. The van der Waals surface area contributed by atoms with Crippen LogP contribution < -0.4 is 5.73 Å². The Hall–Kier alpha value is -0.900. The van der Waals surface area contributed by atoms with Gasteiger partial charge < -0.3 is 5.73 Å². The predicted octanol–water partition coefficient (Wildman–Crippen LogP) is 2.53. The highest BCUT2D eigenvalue weighted by Crippen LogP contribution is 2.22. The van der Waals surface area contributed by atoms with Crippen LogP contribution in [0.3, 0.4) is 0 Å². The summed E-state index contributed by atoms with van der Waals surface area (Å²) in [4.78, 5) is 9.99. The zero-order chi connectivity index (χ0) is 10.6. The van der Waals surface area contributed by atoms with Crippen LogP contribution in [0.5, 0.6) is 0 Å². The molecule has 78 valence electrons. The van der Waals surface area contributed by atoms with Gasteiger partial charge in [-0.15, -0.1) is 11.3 Å². The zero-order valence-corrected chi connectivity index (χ0v) is 9.77. The summed E-state index contributed by atoms with van der Waals surface area (Å²) in [6.07, 6.45) is 3.77. The van der Waals surface area contributed by atoms with Gasteiger partial charge in [-0.25, -0.2) is 4.98 Å². The summed E-state index contributed by atoms with van der Waals surface area (Å²) in [7, 11) is 0.